The Bertz CT molecular complexity index is 565. The number of carbonyl (C=O) groups is 3. The number of nitrogens with one attached hydrogen (secondary N) is 1. The molecular formula is C13H16N2O5S2. The van der Waals surface area contributed by atoms with Crippen molar-refractivity contribution in [1.82, 2.24) is 4.98 Å². The number of rotatable bonds is 3. The number of fused-ring (bicyclic) bond motifs is 1. The van der Waals surface area contributed by atoms with Gasteiger partial charge in [-0.05, 0) is 19.1 Å². The summed E-state index contributed by atoms with van der Waals surface area (Å²) in [7, 11) is 1.29. The number of hydrogen-bond donors (Lipinski definition) is 2. The van der Waals surface area contributed by atoms with Crippen molar-refractivity contribution in [1.29, 1.82) is 0 Å². The average molecular weight is 344 g/mol. The first kappa shape index (κ1) is 18.3. The van der Waals surface area contributed by atoms with E-state index in [4.69, 9.17) is 0 Å². The number of nitrogens with zero attached hydrogens (tertiary/aromatic N) is 1. The topological polar surface area (TPSA) is 94.6 Å². The maximum absolute atomic E-state index is 11.2. The van der Waals surface area contributed by atoms with Crippen molar-refractivity contribution in [2.24, 2.45) is 0 Å². The molecule has 9 heteroatoms. The molecule has 1 aliphatic rings. The molecule has 1 aromatic rings. The first-order valence-corrected chi connectivity index (χ1v) is 7.92. The lowest BCUT2D eigenvalue weighted by atomic mass is 10.3. The van der Waals surface area contributed by atoms with Crippen molar-refractivity contribution in [2.45, 2.75) is 11.8 Å². The Morgan fingerprint density at radius 3 is 2.73 bits per heavy atom. The minimum Gasteiger partial charge on any atom is -0.465 e. The summed E-state index contributed by atoms with van der Waals surface area (Å²) in [6.07, 6.45) is 0. The first-order chi connectivity index (χ1) is 10.5. The lowest BCUT2D eigenvalue weighted by molar-refractivity contribution is -0.139. The van der Waals surface area contributed by atoms with E-state index in [1.807, 2.05) is 0 Å². The molecule has 1 aliphatic heterocycles. The normalized spacial score (nSPS) is 12.2. The molecule has 0 atom stereocenters. The van der Waals surface area contributed by atoms with Crippen molar-refractivity contribution >= 4 is 48.1 Å². The van der Waals surface area contributed by atoms with Crippen LogP contribution in [0.15, 0.2) is 17.0 Å². The van der Waals surface area contributed by atoms with Crippen LogP contribution in [0.3, 0.4) is 0 Å². The van der Waals surface area contributed by atoms with Crippen molar-refractivity contribution in [2.75, 3.05) is 30.5 Å². The van der Waals surface area contributed by atoms with Crippen molar-refractivity contribution < 1.29 is 23.9 Å². The van der Waals surface area contributed by atoms with Gasteiger partial charge in [0.2, 0.25) is 5.91 Å². The molecule has 0 fully saturated rings. The third-order valence-electron chi connectivity index (χ3n) is 2.30. The minimum absolute atomic E-state index is 0.109. The third kappa shape index (κ3) is 5.57. The molecule has 0 radical (unpaired) electrons. The van der Waals surface area contributed by atoms with Crippen LogP contribution in [-0.2, 0) is 19.1 Å². The minimum atomic E-state index is -0.511. The number of anilines is 1. The molecule has 0 spiro atoms. The van der Waals surface area contributed by atoms with Gasteiger partial charge in [0.15, 0.2) is 5.69 Å². The summed E-state index contributed by atoms with van der Waals surface area (Å²) in [6, 6.07) is 3.33. The fraction of sp³-hybridized carbons (Fsp3) is 0.385. The second-order valence-electron chi connectivity index (χ2n) is 3.83. The van der Waals surface area contributed by atoms with Gasteiger partial charge in [-0.3, -0.25) is 9.59 Å². The third-order valence-corrected chi connectivity index (χ3v) is 3.61. The summed E-state index contributed by atoms with van der Waals surface area (Å²) >= 11 is 5.07. The first-order valence-electron chi connectivity index (χ1n) is 6.30. The Labute approximate surface area is 137 Å². The van der Waals surface area contributed by atoms with Gasteiger partial charge >= 0.3 is 11.9 Å². The molecule has 0 aromatic carbocycles. The van der Waals surface area contributed by atoms with Gasteiger partial charge < -0.3 is 14.8 Å². The molecule has 2 heterocycles. The van der Waals surface area contributed by atoms with Crippen LogP contribution in [-0.4, -0.2) is 48.1 Å². The van der Waals surface area contributed by atoms with Gasteiger partial charge in [-0.25, -0.2) is 9.78 Å². The Balaban J connectivity index is 0.000000295. The number of esters is 2. The van der Waals surface area contributed by atoms with Gasteiger partial charge in [-0.2, -0.15) is 12.6 Å². The Kier molecular flexibility index (Phi) is 7.75. The van der Waals surface area contributed by atoms with E-state index in [2.05, 4.69) is 32.4 Å². The molecule has 22 heavy (non-hydrogen) atoms. The van der Waals surface area contributed by atoms with Gasteiger partial charge in [0.25, 0.3) is 0 Å². The highest BCUT2D eigenvalue weighted by atomic mass is 32.2. The predicted octanol–water partition coefficient (Wildman–Crippen LogP) is 1.39. The van der Waals surface area contributed by atoms with Crippen LogP contribution in [0.4, 0.5) is 5.82 Å². The lowest BCUT2D eigenvalue weighted by Gasteiger charge is -2.15. The predicted molar refractivity (Wildman–Crippen MR) is 85.4 cm³/mol. The average Bonchev–Trinajstić information content (AvgIpc) is 2.54. The van der Waals surface area contributed by atoms with Gasteiger partial charge in [0, 0.05) is 0 Å². The van der Waals surface area contributed by atoms with Gasteiger partial charge in [0.1, 0.15) is 5.82 Å². The highest BCUT2D eigenvalue weighted by Crippen LogP contribution is 2.29. The molecule has 120 valence electrons. The number of pyridine rings is 1. The molecule has 1 N–H and O–H groups in total. The van der Waals surface area contributed by atoms with Crippen LogP contribution in [0.5, 0.6) is 0 Å². The molecule has 0 unspecified atom stereocenters. The van der Waals surface area contributed by atoms with E-state index in [0.717, 1.165) is 4.90 Å². The van der Waals surface area contributed by atoms with E-state index in [1.165, 1.54) is 18.9 Å². The second-order valence-corrected chi connectivity index (χ2v) is 5.17. The summed E-state index contributed by atoms with van der Waals surface area (Å²) in [5, 5.41) is 2.60. The van der Waals surface area contributed by atoms with E-state index in [1.54, 1.807) is 19.1 Å². The molecule has 1 aromatic heterocycles. The van der Waals surface area contributed by atoms with E-state index in [-0.39, 0.29) is 23.3 Å². The zero-order chi connectivity index (χ0) is 16.5. The fourth-order valence-corrected chi connectivity index (χ4v) is 2.24. The molecule has 0 bridgehead atoms. The molecule has 0 aliphatic carbocycles. The Morgan fingerprint density at radius 2 is 2.18 bits per heavy atom. The number of hydrogen-bond acceptors (Lipinski definition) is 8. The molecule has 1 amide bonds. The van der Waals surface area contributed by atoms with E-state index < -0.39 is 5.97 Å². The number of thiol groups is 1. The number of aromatic nitrogens is 1. The zero-order valence-electron chi connectivity index (χ0n) is 12.1. The lowest BCUT2D eigenvalue weighted by Crippen LogP contribution is -2.20. The summed E-state index contributed by atoms with van der Waals surface area (Å²) < 4.78 is 9.01. The summed E-state index contributed by atoms with van der Waals surface area (Å²) in [4.78, 5) is 37.2. The SMILES string of the molecule is CCOC(=O)CS.COC(=O)c1ccc2c(n1)NC(=O)CS2. The number of thioether (sulfide) groups is 1. The molecular weight excluding hydrogens is 328 g/mol. The molecule has 7 nitrogen and oxygen atoms in total. The summed E-state index contributed by atoms with van der Waals surface area (Å²) in [5.74, 6) is 0.106. The van der Waals surface area contributed by atoms with Crippen molar-refractivity contribution in [3.05, 3.63) is 17.8 Å². The van der Waals surface area contributed by atoms with E-state index >= 15 is 0 Å². The molecule has 0 saturated heterocycles. The van der Waals surface area contributed by atoms with Crippen molar-refractivity contribution in [3.63, 3.8) is 0 Å². The maximum atomic E-state index is 11.2. The highest BCUT2D eigenvalue weighted by Gasteiger charge is 2.18. The number of methoxy groups -OCH3 is 1. The van der Waals surface area contributed by atoms with Crippen LogP contribution in [0.25, 0.3) is 0 Å². The smallest absolute Gasteiger partial charge is 0.356 e. The highest BCUT2D eigenvalue weighted by molar-refractivity contribution is 8.00. The molecule has 2 rings (SSSR count). The van der Waals surface area contributed by atoms with Gasteiger partial charge in [-0.15, -0.1) is 11.8 Å². The van der Waals surface area contributed by atoms with E-state index in [9.17, 15) is 14.4 Å². The van der Waals surface area contributed by atoms with Crippen LogP contribution in [0, 0.1) is 0 Å². The fourth-order valence-electron chi connectivity index (χ4n) is 1.39. The van der Waals surface area contributed by atoms with Crippen LogP contribution < -0.4 is 5.32 Å². The monoisotopic (exact) mass is 344 g/mol. The van der Waals surface area contributed by atoms with E-state index in [0.29, 0.717) is 18.2 Å². The zero-order valence-corrected chi connectivity index (χ0v) is 13.8. The second kappa shape index (κ2) is 9.31. The van der Waals surface area contributed by atoms with Gasteiger partial charge in [0.05, 0.1) is 30.1 Å². The van der Waals surface area contributed by atoms with Crippen LogP contribution in [0.1, 0.15) is 17.4 Å². The number of amides is 1. The Hall–Kier alpha value is -1.74. The largest absolute Gasteiger partial charge is 0.465 e. The van der Waals surface area contributed by atoms with Gasteiger partial charge in [-0.1, -0.05) is 0 Å². The molecule has 0 saturated carbocycles. The number of ether oxygens (including phenoxy) is 2. The quantitative estimate of drug-likeness (QED) is 0.632. The van der Waals surface area contributed by atoms with Crippen molar-refractivity contribution in [3.8, 4) is 0 Å². The Morgan fingerprint density at radius 1 is 1.45 bits per heavy atom. The maximum Gasteiger partial charge on any atom is 0.356 e. The standard InChI is InChI=1S/C9H8N2O3S.C4H8O2S/c1-14-9(13)5-2-3-6-8(10-5)11-7(12)4-15-6;1-2-6-4(5)3-7/h2-3H,4H2,1H3,(H,10,11,12);7H,2-3H2,1H3. The van der Waals surface area contributed by atoms with Crippen LogP contribution >= 0.6 is 24.4 Å². The number of carbonyl (C=O) groups excluding carboxylic acids is 3. The summed E-state index contributed by atoms with van der Waals surface area (Å²) in [6.45, 7) is 2.21. The summed E-state index contributed by atoms with van der Waals surface area (Å²) in [5.41, 5.74) is 0.194. The van der Waals surface area contributed by atoms with Crippen LogP contribution in [0.2, 0.25) is 0 Å².